The van der Waals surface area contributed by atoms with E-state index in [1.54, 1.807) is 26.6 Å². The van der Waals surface area contributed by atoms with Crippen LogP contribution in [-0.4, -0.2) is 73.8 Å². The molecule has 0 unspecified atom stereocenters. The molecule has 30 heavy (non-hydrogen) atoms. The number of hydrogen-bond donors (Lipinski definition) is 0. The van der Waals surface area contributed by atoms with Crippen molar-refractivity contribution < 1.29 is 14.0 Å². The van der Waals surface area contributed by atoms with Crippen molar-refractivity contribution in [1.29, 1.82) is 0 Å². The number of aromatic nitrogens is 4. The van der Waals surface area contributed by atoms with Gasteiger partial charge in [0.1, 0.15) is 0 Å². The van der Waals surface area contributed by atoms with Gasteiger partial charge in [-0.2, -0.15) is 4.68 Å². The molecule has 1 aliphatic rings. The Hall–Kier alpha value is -3.14. The summed E-state index contributed by atoms with van der Waals surface area (Å²) in [4.78, 5) is 28.5. The zero-order valence-corrected chi connectivity index (χ0v) is 17.6. The fourth-order valence-electron chi connectivity index (χ4n) is 3.30. The van der Waals surface area contributed by atoms with E-state index in [-0.39, 0.29) is 17.6 Å². The highest BCUT2D eigenvalue weighted by atomic mass is 32.2. The largest absolute Gasteiger partial charge is 0.459 e. The van der Waals surface area contributed by atoms with Gasteiger partial charge in [0.2, 0.25) is 11.1 Å². The maximum Gasteiger partial charge on any atom is 0.289 e. The number of furan rings is 1. The summed E-state index contributed by atoms with van der Waals surface area (Å²) < 4.78 is 6.84. The molecule has 0 atom stereocenters. The number of piperazine rings is 1. The molecule has 1 aliphatic heterocycles. The van der Waals surface area contributed by atoms with Crippen molar-refractivity contribution in [2.24, 2.45) is 0 Å². The van der Waals surface area contributed by atoms with E-state index in [0.717, 1.165) is 16.8 Å². The lowest BCUT2D eigenvalue weighted by molar-refractivity contribution is -0.129. The van der Waals surface area contributed by atoms with Crippen molar-refractivity contribution in [2.45, 2.75) is 19.0 Å². The second kappa shape index (κ2) is 8.70. The minimum absolute atomic E-state index is 0.000566. The SMILES string of the molecule is Cc1ccc(C)c(-n2nnnc2SCC(=O)N2CCN(C(=O)c3ccco3)CC2)c1. The summed E-state index contributed by atoms with van der Waals surface area (Å²) in [5.74, 6) is 0.413. The summed E-state index contributed by atoms with van der Waals surface area (Å²) in [5.41, 5.74) is 3.07. The zero-order valence-electron chi connectivity index (χ0n) is 16.8. The van der Waals surface area contributed by atoms with Crippen molar-refractivity contribution in [3.8, 4) is 5.69 Å². The van der Waals surface area contributed by atoms with E-state index >= 15 is 0 Å². The van der Waals surface area contributed by atoms with Gasteiger partial charge in [0.05, 0.1) is 17.7 Å². The second-order valence-corrected chi connectivity index (χ2v) is 8.04. The molecule has 9 nitrogen and oxygen atoms in total. The van der Waals surface area contributed by atoms with Crippen molar-refractivity contribution >= 4 is 23.6 Å². The van der Waals surface area contributed by atoms with Gasteiger partial charge in [0.15, 0.2) is 5.76 Å². The van der Waals surface area contributed by atoms with Crippen LogP contribution >= 0.6 is 11.8 Å². The summed E-state index contributed by atoms with van der Waals surface area (Å²) in [6, 6.07) is 9.42. The average Bonchev–Trinajstić information content (AvgIpc) is 3.45. The molecule has 4 rings (SSSR count). The van der Waals surface area contributed by atoms with Crippen LogP contribution in [-0.2, 0) is 4.79 Å². The second-order valence-electron chi connectivity index (χ2n) is 7.10. The van der Waals surface area contributed by atoms with Gasteiger partial charge in [-0.05, 0) is 53.6 Å². The van der Waals surface area contributed by atoms with Gasteiger partial charge < -0.3 is 14.2 Å². The van der Waals surface area contributed by atoms with Crippen molar-refractivity contribution in [3.63, 3.8) is 0 Å². The van der Waals surface area contributed by atoms with Crippen molar-refractivity contribution in [1.82, 2.24) is 30.0 Å². The molecular formula is C20H22N6O3S. The normalized spacial score (nSPS) is 14.2. The molecule has 3 heterocycles. The van der Waals surface area contributed by atoms with E-state index in [9.17, 15) is 9.59 Å². The van der Waals surface area contributed by atoms with Gasteiger partial charge in [0, 0.05) is 26.2 Å². The molecule has 156 valence electrons. The highest BCUT2D eigenvalue weighted by Gasteiger charge is 2.26. The summed E-state index contributed by atoms with van der Waals surface area (Å²) in [6.45, 7) is 5.97. The van der Waals surface area contributed by atoms with E-state index in [1.807, 2.05) is 32.0 Å². The van der Waals surface area contributed by atoms with Crippen LogP contribution in [0.5, 0.6) is 0 Å². The van der Waals surface area contributed by atoms with E-state index in [1.165, 1.54) is 18.0 Å². The lowest BCUT2D eigenvalue weighted by Crippen LogP contribution is -2.51. The van der Waals surface area contributed by atoms with Gasteiger partial charge >= 0.3 is 0 Å². The van der Waals surface area contributed by atoms with Crippen molar-refractivity contribution in [2.75, 3.05) is 31.9 Å². The van der Waals surface area contributed by atoms with Crippen LogP contribution in [0.2, 0.25) is 0 Å². The minimum Gasteiger partial charge on any atom is -0.459 e. The van der Waals surface area contributed by atoms with E-state index in [2.05, 4.69) is 15.5 Å². The monoisotopic (exact) mass is 426 g/mol. The predicted molar refractivity (Wildman–Crippen MR) is 111 cm³/mol. The maximum absolute atomic E-state index is 12.7. The molecule has 0 aliphatic carbocycles. The quantitative estimate of drug-likeness (QED) is 0.575. The molecule has 0 saturated carbocycles. The number of tetrazole rings is 1. The molecule has 2 amide bonds. The Morgan fingerprint density at radius 1 is 1.10 bits per heavy atom. The summed E-state index contributed by atoms with van der Waals surface area (Å²) in [7, 11) is 0. The molecule has 1 aromatic carbocycles. The molecule has 3 aromatic rings. The molecule has 0 radical (unpaired) electrons. The number of aryl methyl sites for hydroxylation is 2. The molecule has 1 fully saturated rings. The number of rotatable bonds is 5. The Bertz CT molecular complexity index is 1040. The molecule has 1 saturated heterocycles. The van der Waals surface area contributed by atoms with Crippen LogP contribution in [0.4, 0.5) is 0 Å². The first-order valence-electron chi connectivity index (χ1n) is 9.62. The van der Waals surface area contributed by atoms with E-state index in [4.69, 9.17) is 4.42 Å². The standard InChI is InChI=1S/C20H22N6O3S/c1-14-5-6-15(2)16(12-14)26-20(21-22-23-26)30-13-18(27)24-7-9-25(10-8-24)19(28)17-4-3-11-29-17/h3-6,11-12H,7-10,13H2,1-2H3. The van der Waals surface area contributed by atoms with Gasteiger partial charge in [-0.15, -0.1) is 5.10 Å². The third kappa shape index (κ3) is 4.23. The molecule has 2 aromatic heterocycles. The van der Waals surface area contributed by atoms with Crippen molar-refractivity contribution in [3.05, 3.63) is 53.5 Å². The number of thioether (sulfide) groups is 1. The number of carbonyl (C=O) groups is 2. The summed E-state index contributed by atoms with van der Waals surface area (Å²) >= 11 is 1.31. The summed E-state index contributed by atoms with van der Waals surface area (Å²) in [6.07, 6.45) is 1.48. The Morgan fingerprint density at radius 2 is 1.87 bits per heavy atom. The molecule has 0 N–H and O–H groups in total. The lowest BCUT2D eigenvalue weighted by Gasteiger charge is -2.34. The lowest BCUT2D eigenvalue weighted by atomic mass is 10.1. The molecular weight excluding hydrogens is 404 g/mol. The van der Waals surface area contributed by atoms with E-state index in [0.29, 0.717) is 37.1 Å². The number of carbonyl (C=O) groups excluding carboxylic acids is 2. The Morgan fingerprint density at radius 3 is 2.60 bits per heavy atom. The van der Waals surface area contributed by atoms with E-state index < -0.39 is 0 Å². The topological polar surface area (TPSA) is 97.4 Å². The fraction of sp³-hybridized carbons (Fsp3) is 0.350. The third-order valence-electron chi connectivity index (χ3n) is 5.01. The zero-order chi connectivity index (χ0) is 21.1. The number of hydrogen-bond acceptors (Lipinski definition) is 7. The van der Waals surface area contributed by atoms with Crippen LogP contribution < -0.4 is 0 Å². The third-order valence-corrected chi connectivity index (χ3v) is 5.91. The minimum atomic E-state index is -0.144. The van der Waals surface area contributed by atoms with Gasteiger partial charge in [-0.1, -0.05) is 23.9 Å². The highest BCUT2D eigenvalue weighted by Crippen LogP contribution is 2.22. The smallest absolute Gasteiger partial charge is 0.289 e. The Kier molecular flexibility index (Phi) is 5.84. The van der Waals surface area contributed by atoms with Gasteiger partial charge in [-0.3, -0.25) is 9.59 Å². The number of benzene rings is 1. The summed E-state index contributed by atoms with van der Waals surface area (Å²) in [5, 5.41) is 12.5. The highest BCUT2D eigenvalue weighted by molar-refractivity contribution is 7.99. The number of nitrogens with zero attached hydrogens (tertiary/aromatic N) is 6. The predicted octanol–water partition coefficient (Wildman–Crippen LogP) is 1.95. The van der Waals surface area contributed by atoms with Crippen LogP contribution in [0.1, 0.15) is 21.7 Å². The molecule has 0 spiro atoms. The van der Waals surface area contributed by atoms with Crippen LogP contribution in [0.3, 0.4) is 0 Å². The fourth-order valence-corrected chi connectivity index (χ4v) is 4.09. The average molecular weight is 427 g/mol. The van der Waals surface area contributed by atoms with Gasteiger partial charge in [-0.25, -0.2) is 0 Å². The number of amides is 2. The van der Waals surface area contributed by atoms with Crippen LogP contribution in [0, 0.1) is 13.8 Å². The Labute approximate surface area is 178 Å². The molecule has 10 heteroatoms. The van der Waals surface area contributed by atoms with Gasteiger partial charge in [0.25, 0.3) is 5.91 Å². The first kappa shape index (κ1) is 20.1. The van der Waals surface area contributed by atoms with Crippen LogP contribution in [0.25, 0.3) is 5.69 Å². The Balaban J connectivity index is 1.34. The molecule has 0 bridgehead atoms. The van der Waals surface area contributed by atoms with Crippen LogP contribution in [0.15, 0.2) is 46.2 Å². The maximum atomic E-state index is 12.7. The first-order chi connectivity index (χ1) is 14.5. The first-order valence-corrected chi connectivity index (χ1v) is 10.6.